The number of sulfonamides is 1. The molecule has 2 rings (SSSR count). The molecule has 24 heavy (non-hydrogen) atoms. The van der Waals surface area contributed by atoms with E-state index in [1.807, 2.05) is 20.2 Å². The van der Waals surface area contributed by atoms with Gasteiger partial charge >= 0.3 is 0 Å². The van der Waals surface area contributed by atoms with Crippen LogP contribution in [-0.2, 0) is 10.0 Å². The molecule has 2 aromatic rings. The third-order valence-corrected chi connectivity index (χ3v) is 5.14. The first kappa shape index (κ1) is 18.2. The zero-order valence-electron chi connectivity index (χ0n) is 13.9. The van der Waals surface area contributed by atoms with Crippen LogP contribution in [0.1, 0.15) is 22.2 Å². The summed E-state index contributed by atoms with van der Waals surface area (Å²) in [7, 11) is 1.69. The fourth-order valence-electron chi connectivity index (χ4n) is 2.30. The van der Waals surface area contributed by atoms with Crippen LogP contribution in [0.4, 0.5) is 0 Å². The molecule has 0 spiro atoms. The smallest absolute Gasteiger partial charge is 0.251 e. The first-order chi connectivity index (χ1) is 11.3. The normalized spacial score (nSPS) is 13.0. The molecular weight excluding hydrogens is 330 g/mol. The van der Waals surface area contributed by atoms with Gasteiger partial charge in [0.1, 0.15) is 0 Å². The van der Waals surface area contributed by atoms with Gasteiger partial charge in [0.05, 0.1) is 31.8 Å². The van der Waals surface area contributed by atoms with Gasteiger partial charge in [-0.25, -0.2) is 13.1 Å². The van der Waals surface area contributed by atoms with Crippen LogP contribution < -0.4 is 14.9 Å². The highest BCUT2D eigenvalue weighted by molar-refractivity contribution is 7.89. The van der Waals surface area contributed by atoms with E-state index in [4.69, 9.17) is 4.42 Å². The molecule has 1 heterocycles. The molecule has 1 aromatic heterocycles. The molecule has 0 saturated heterocycles. The van der Waals surface area contributed by atoms with Crippen molar-refractivity contribution in [1.82, 2.24) is 10.0 Å². The second kappa shape index (κ2) is 7.61. The van der Waals surface area contributed by atoms with E-state index in [2.05, 4.69) is 10.0 Å². The van der Waals surface area contributed by atoms with Crippen molar-refractivity contribution in [2.24, 2.45) is 0 Å². The topological polar surface area (TPSA) is 92.8 Å². The zero-order valence-corrected chi connectivity index (χ0v) is 14.7. The molecule has 0 aliphatic carbocycles. The van der Waals surface area contributed by atoms with Crippen molar-refractivity contribution in [1.29, 1.82) is 0 Å². The van der Waals surface area contributed by atoms with Gasteiger partial charge in [-0.15, -0.1) is 0 Å². The lowest BCUT2D eigenvalue weighted by molar-refractivity contribution is -0.891. The second-order valence-electron chi connectivity index (χ2n) is 5.59. The number of hydrogen-bond acceptors (Lipinski definition) is 4. The standard InChI is InChI=1S/C16H21N3O4S/c1-17-24(21,22)13-7-4-6-12(10-13)16(20)18-11-14(19(2)3)15-8-5-9-23-15/h4-10,14,17H,11H2,1-3H3,(H,18,20)/p+1/t14-/m0/s1. The zero-order chi connectivity index (χ0) is 17.7. The van der Waals surface area contributed by atoms with E-state index in [1.54, 1.807) is 24.5 Å². The van der Waals surface area contributed by atoms with Gasteiger partial charge in [-0.2, -0.15) is 0 Å². The Labute approximate surface area is 141 Å². The van der Waals surface area contributed by atoms with Crippen LogP contribution in [0.2, 0.25) is 0 Å². The minimum absolute atomic E-state index is 0.0341. The van der Waals surface area contributed by atoms with Crippen LogP contribution >= 0.6 is 0 Å². The maximum absolute atomic E-state index is 12.3. The van der Waals surface area contributed by atoms with Gasteiger partial charge in [-0.3, -0.25) is 4.79 Å². The molecule has 0 bridgehead atoms. The minimum Gasteiger partial charge on any atom is -0.463 e. The Morgan fingerprint density at radius 1 is 1.25 bits per heavy atom. The lowest BCUT2D eigenvalue weighted by Crippen LogP contribution is -3.07. The van der Waals surface area contributed by atoms with Crippen molar-refractivity contribution in [2.45, 2.75) is 10.9 Å². The second-order valence-corrected chi connectivity index (χ2v) is 7.48. The molecule has 8 heteroatoms. The van der Waals surface area contributed by atoms with Crippen molar-refractivity contribution >= 4 is 15.9 Å². The number of benzene rings is 1. The monoisotopic (exact) mass is 352 g/mol. The highest BCUT2D eigenvalue weighted by Gasteiger charge is 2.22. The number of likely N-dealkylation sites (N-methyl/N-ethyl adjacent to an activating group) is 1. The van der Waals surface area contributed by atoms with Crippen LogP contribution in [-0.4, -0.2) is 42.0 Å². The van der Waals surface area contributed by atoms with Crippen LogP contribution in [0.25, 0.3) is 0 Å². The van der Waals surface area contributed by atoms with Gasteiger partial charge in [0, 0.05) is 5.56 Å². The predicted octanol–water partition coefficient (Wildman–Crippen LogP) is -0.197. The van der Waals surface area contributed by atoms with E-state index in [9.17, 15) is 13.2 Å². The molecule has 1 aromatic carbocycles. The molecule has 130 valence electrons. The van der Waals surface area contributed by atoms with Crippen molar-refractivity contribution in [3.8, 4) is 0 Å². The van der Waals surface area contributed by atoms with Crippen molar-refractivity contribution < 1.29 is 22.5 Å². The number of carbonyl (C=O) groups excluding carboxylic acids is 1. The number of furan rings is 1. The number of nitrogens with one attached hydrogen (secondary N) is 3. The lowest BCUT2D eigenvalue weighted by atomic mass is 10.2. The summed E-state index contributed by atoms with van der Waals surface area (Å²) < 4.78 is 31.3. The summed E-state index contributed by atoms with van der Waals surface area (Å²) in [6.07, 6.45) is 1.60. The van der Waals surface area contributed by atoms with Crippen LogP contribution in [0, 0.1) is 0 Å². The van der Waals surface area contributed by atoms with Crippen LogP contribution in [0.15, 0.2) is 52.0 Å². The minimum atomic E-state index is -3.58. The van der Waals surface area contributed by atoms with Gasteiger partial charge < -0.3 is 14.6 Å². The van der Waals surface area contributed by atoms with E-state index in [1.165, 1.54) is 19.2 Å². The Kier molecular flexibility index (Phi) is 5.76. The fourth-order valence-corrected chi connectivity index (χ4v) is 3.07. The molecule has 0 radical (unpaired) electrons. The van der Waals surface area contributed by atoms with Gasteiger partial charge in [0.25, 0.3) is 5.91 Å². The molecule has 1 amide bonds. The van der Waals surface area contributed by atoms with Gasteiger partial charge in [-0.05, 0) is 37.4 Å². The molecule has 0 fully saturated rings. The summed E-state index contributed by atoms with van der Waals surface area (Å²) in [5, 5.41) is 2.83. The van der Waals surface area contributed by atoms with E-state index in [0.29, 0.717) is 12.1 Å². The molecule has 0 saturated carbocycles. The summed E-state index contributed by atoms with van der Waals surface area (Å²) in [6, 6.07) is 9.55. The molecule has 1 atom stereocenters. The molecule has 0 unspecified atom stereocenters. The fraction of sp³-hybridized carbons (Fsp3) is 0.312. The molecule has 7 nitrogen and oxygen atoms in total. The highest BCUT2D eigenvalue weighted by atomic mass is 32.2. The quantitative estimate of drug-likeness (QED) is 0.644. The summed E-state index contributed by atoms with van der Waals surface area (Å²) in [6.45, 7) is 0.373. The summed E-state index contributed by atoms with van der Waals surface area (Å²) in [5.41, 5.74) is 0.290. The third-order valence-electron chi connectivity index (χ3n) is 3.73. The number of carbonyl (C=O) groups is 1. The van der Waals surface area contributed by atoms with Crippen LogP contribution in [0.3, 0.4) is 0 Å². The SMILES string of the molecule is CNS(=O)(=O)c1cccc(C(=O)NC[C@@H](c2ccco2)[NH+](C)C)c1. The molecule has 0 aliphatic heterocycles. The van der Waals surface area contributed by atoms with Gasteiger partial charge in [0.15, 0.2) is 11.8 Å². The van der Waals surface area contributed by atoms with Crippen molar-refractivity contribution in [2.75, 3.05) is 27.7 Å². The molecular formula is C16H22N3O4S+. The first-order valence-corrected chi connectivity index (χ1v) is 8.98. The van der Waals surface area contributed by atoms with Crippen molar-refractivity contribution in [3.63, 3.8) is 0 Å². The number of rotatable bonds is 7. The van der Waals surface area contributed by atoms with Crippen LogP contribution in [0.5, 0.6) is 0 Å². The maximum atomic E-state index is 12.3. The van der Waals surface area contributed by atoms with E-state index in [-0.39, 0.29) is 16.8 Å². The van der Waals surface area contributed by atoms with E-state index < -0.39 is 10.0 Å². The Morgan fingerprint density at radius 3 is 2.58 bits per heavy atom. The average molecular weight is 352 g/mol. The van der Waals surface area contributed by atoms with E-state index in [0.717, 1.165) is 10.7 Å². The largest absolute Gasteiger partial charge is 0.463 e. The van der Waals surface area contributed by atoms with Gasteiger partial charge in [0.2, 0.25) is 10.0 Å². The Morgan fingerprint density at radius 2 is 2.00 bits per heavy atom. The maximum Gasteiger partial charge on any atom is 0.251 e. The number of quaternary nitrogens is 1. The Bertz CT molecular complexity index is 785. The number of hydrogen-bond donors (Lipinski definition) is 3. The summed E-state index contributed by atoms with van der Waals surface area (Å²) in [5.74, 6) is 0.447. The first-order valence-electron chi connectivity index (χ1n) is 7.50. The van der Waals surface area contributed by atoms with Crippen molar-refractivity contribution in [3.05, 3.63) is 54.0 Å². The Balaban J connectivity index is 2.11. The summed E-state index contributed by atoms with van der Waals surface area (Å²) in [4.78, 5) is 13.5. The summed E-state index contributed by atoms with van der Waals surface area (Å²) >= 11 is 0. The third kappa shape index (κ3) is 4.22. The predicted molar refractivity (Wildman–Crippen MR) is 89.3 cm³/mol. The molecule has 3 N–H and O–H groups in total. The molecule has 0 aliphatic rings. The lowest BCUT2D eigenvalue weighted by Gasteiger charge is -2.19. The number of amides is 1. The Hall–Kier alpha value is -2.16. The van der Waals surface area contributed by atoms with Gasteiger partial charge in [-0.1, -0.05) is 6.07 Å². The highest BCUT2D eigenvalue weighted by Crippen LogP contribution is 2.12. The van der Waals surface area contributed by atoms with E-state index >= 15 is 0 Å². The average Bonchev–Trinajstić information content (AvgIpc) is 3.09.